The first kappa shape index (κ1) is 20.7. The number of hydrogen-bond donors (Lipinski definition) is 1. The fourth-order valence-electron chi connectivity index (χ4n) is 2.98. The SMILES string of the molecule is Cc1ccc(-n2c(SC(C)C(=O)Nc3cccc(F)c3)nnc2-c2ccncc2)cc1. The molecular formula is C23H20FN5OS. The Hall–Kier alpha value is -3.52. The third kappa shape index (κ3) is 4.80. The lowest BCUT2D eigenvalue weighted by Crippen LogP contribution is -2.23. The second-order valence-corrected chi connectivity index (χ2v) is 8.28. The molecule has 0 saturated carbocycles. The van der Waals surface area contributed by atoms with E-state index in [1.54, 1.807) is 31.5 Å². The first-order valence-electron chi connectivity index (χ1n) is 9.67. The number of hydrogen-bond acceptors (Lipinski definition) is 5. The van der Waals surface area contributed by atoms with Crippen LogP contribution in [0.1, 0.15) is 12.5 Å². The van der Waals surface area contributed by atoms with E-state index in [-0.39, 0.29) is 5.91 Å². The van der Waals surface area contributed by atoms with Crippen molar-refractivity contribution < 1.29 is 9.18 Å². The van der Waals surface area contributed by atoms with E-state index in [2.05, 4.69) is 20.5 Å². The summed E-state index contributed by atoms with van der Waals surface area (Å²) in [6.45, 7) is 3.80. The number of nitrogens with one attached hydrogen (secondary N) is 1. The maximum Gasteiger partial charge on any atom is 0.237 e. The van der Waals surface area contributed by atoms with E-state index in [0.29, 0.717) is 16.7 Å². The van der Waals surface area contributed by atoms with Crippen molar-refractivity contribution in [1.29, 1.82) is 0 Å². The Morgan fingerprint density at radius 1 is 1.06 bits per heavy atom. The molecule has 0 radical (unpaired) electrons. The number of carbonyl (C=O) groups excluding carboxylic acids is 1. The summed E-state index contributed by atoms with van der Waals surface area (Å²) in [5.74, 6) is 0.00484. The van der Waals surface area contributed by atoms with Crippen molar-refractivity contribution in [3.8, 4) is 17.1 Å². The van der Waals surface area contributed by atoms with Gasteiger partial charge in [0.05, 0.1) is 5.25 Å². The van der Waals surface area contributed by atoms with E-state index in [4.69, 9.17) is 0 Å². The minimum atomic E-state index is -0.484. The molecule has 0 bridgehead atoms. The van der Waals surface area contributed by atoms with Gasteiger partial charge < -0.3 is 5.32 Å². The van der Waals surface area contributed by atoms with Crippen LogP contribution in [-0.4, -0.2) is 30.9 Å². The summed E-state index contributed by atoms with van der Waals surface area (Å²) in [5.41, 5.74) is 3.31. The third-order valence-electron chi connectivity index (χ3n) is 4.61. The normalized spacial score (nSPS) is 11.8. The number of aryl methyl sites for hydroxylation is 1. The Kier molecular flexibility index (Phi) is 6.08. The molecule has 1 amide bonds. The van der Waals surface area contributed by atoms with Gasteiger partial charge in [-0.05, 0) is 56.3 Å². The van der Waals surface area contributed by atoms with Crippen molar-refractivity contribution >= 4 is 23.4 Å². The number of thioether (sulfide) groups is 1. The Balaban J connectivity index is 1.64. The van der Waals surface area contributed by atoms with Crippen molar-refractivity contribution in [2.24, 2.45) is 0 Å². The Labute approximate surface area is 183 Å². The van der Waals surface area contributed by atoms with Crippen LogP contribution in [0.2, 0.25) is 0 Å². The number of anilines is 1. The Morgan fingerprint density at radius 2 is 1.81 bits per heavy atom. The molecule has 31 heavy (non-hydrogen) atoms. The number of aromatic nitrogens is 4. The lowest BCUT2D eigenvalue weighted by molar-refractivity contribution is -0.115. The van der Waals surface area contributed by atoms with Crippen molar-refractivity contribution in [2.75, 3.05) is 5.32 Å². The fraction of sp³-hybridized carbons (Fsp3) is 0.130. The number of pyridine rings is 1. The molecule has 4 rings (SSSR count). The molecule has 1 atom stereocenters. The molecule has 1 N–H and O–H groups in total. The van der Waals surface area contributed by atoms with E-state index < -0.39 is 11.1 Å². The van der Waals surface area contributed by atoms with Crippen LogP contribution in [0.3, 0.4) is 0 Å². The molecule has 6 nitrogen and oxygen atoms in total. The average molecular weight is 434 g/mol. The largest absolute Gasteiger partial charge is 0.325 e. The number of carbonyl (C=O) groups is 1. The Bertz CT molecular complexity index is 1190. The first-order chi connectivity index (χ1) is 15.0. The van der Waals surface area contributed by atoms with Gasteiger partial charge in [0, 0.05) is 29.3 Å². The van der Waals surface area contributed by atoms with Gasteiger partial charge in [-0.2, -0.15) is 0 Å². The highest BCUT2D eigenvalue weighted by atomic mass is 32.2. The van der Waals surface area contributed by atoms with Crippen LogP contribution in [0, 0.1) is 12.7 Å². The molecule has 0 aliphatic rings. The predicted octanol–water partition coefficient (Wildman–Crippen LogP) is 4.90. The van der Waals surface area contributed by atoms with Crippen LogP contribution in [0.5, 0.6) is 0 Å². The molecular weight excluding hydrogens is 413 g/mol. The molecule has 1 unspecified atom stereocenters. The van der Waals surface area contributed by atoms with Crippen molar-refractivity contribution in [1.82, 2.24) is 19.7 Å². The average Bonchev–Trinajstić information content (AvgIpc) is 3.18. The summed E-state index contributed by atoms with van der Waals surface area (Å²) in [6.07, 6.45) is 3.40. The highest BCUT2D eigenvalue weighted by molar-refractivity contribution is 8.00. The van der Waals surface area contributed by atoms with Crippen LogP contribution < -0.4 is 5.32 Å². The number of halogens is 1. The van der Waals surface area contributed by atoms with Crippen molar-refractivity contribution in [2.45, 2.75) is 24.3 Å². The van der Waals surface area contributed by atoms with Crippen LogP contribution in [0.4, 0.5) is 10.1 Å². The van der Waals surface area contributed by atoms with Crippen LogP contribution >= 0.6 is 11.8 Å². The summed E-state index contributed by atoms with van der Waals surface area (Å²) >= 11 is 1.28. The molecule has 2 aromatic carbocycles. The van der Waals surface area contributed by atoms with E-state index in [1.807, 2.05) is 47.9 Å². The highest BCUT2D eigenvalue weighted by Crippen LogP contribution is 2.30. The van der Waals surface area contributed by atoms with Gasteiger partial charge in [0.25, 0.3) is 0 Å². The van der Waals surface area contributed by atoms with Crippen LogP contribution in [-0.2, 0) is 4.79 Å². The topological polar surface area (TPSA) is 72.7 Å². The zero-order valence-electron chi connectivity index (χ0n) is 17.0. The summed E-state index contributed by atoms with van der Waals surface area (Å²) in [5, 5.41) is 11.6. The standard InChI is InChI=1S/C23H20FN5OS/c1-15-6-8-20(9-7-15)29-21(17-10-12-25-13-11-17)27-28-23(29)31-16(2)22(30)26-19-5-3-4-18(24)14-19/h3-14,16H,1-2H3,(H,26,30). The molecule has 0 saturated heterocycles. The molecule has 4 aromatic rings. The predicted molar refractivity (Wildman–Crippen MR) is 120 cm³/mol. The maximum absolute atomic E-state index is 13.4. The fourth-order valence-corrected chi connectivity index (χ4v) is 3.85. The molecule has 0 aliphatic carbocycles. The van der Waals surface area contributed by atoms with Crippen molar-refractivity contribution in [3.05, 3.63) is 84.4 Å². The quantitative estimate of drug-likeness (QED) is 0.438. The number of nitrogens with zero attached hydrogens (tertiary/aromatic N) is 4. The van der Waals surface area contributed by atoms with E-state index in [1.165, 1.54) is 23.9 Å². The van der Waals surface area contributed by atoms with Crippen LogP contribution in [0.15, 0.2) is 78.2 Å². The molecule has 0 aliphatic heterocycles. The van der Waals surface area contributed by atoms with E-state index >= 15 is 0 Å². The summed E-state index contributed by atoms with van der Waals surface area (Å²) in [6, 6.07) is 17.6. The van der Waals surface area contributed by atoms with E-state index in [9.17, 15) is 9.18 Å². The summed E-state index contributed by atoms with van der Waals surface area (Å²) < 4.78 is 15.3. The van der Waals surface area contributed by atoms with Gasteiger partial charge in [-0.15, -0.1) is 10.2 Å². The minimum absolute atomic E-state index is 0.250. The molecule has 8 heteroatoms. The molecule has 0 spiro atoms. The minimum Gasteiger partial charge on any atom is -0.325 e. The second-order valence-electron chi connectivity index (χ2n) is 6.97. The van der Waals surface area contributed by atoms with Crippen LogP contribution in [0.25, 0.3) is 17.1 Å². The number of amides is 1. The van der Waals surface area contributed by atoms with Gasteiger partial charge >= 0.3 is 0 Å². The summed E-state index contributed by atoms with van der Waals surface area (Å²) in [7, 11) is 0. The molecule has 0 fully saturated rings. The van der Waals surface area contributed by atoms with Crippen molar-refractivity contribution in [3.63, 3.8) is 0 Å². The number of rotatable bonds is 6. The molecule has 2 heterocycles. The molecule has 2 aromatic heterocycles. The Morgan fingerprint density at radius 3 is 2.52 bits per heavy atom. The lowest BCUT2D eigenvalue weighted by atomic mass is 10.2. The monoisotopic (exact) mass is 433 g/mol. The van der Waals surface area contributed by atoms with Gasteiger partial charge in [0.2, 0.25) is 5.91 Å². The van der Waals surface area contributed by atoms with Gasteiger partial charge in [-0.1, -0.05) is 35.5 Å². The maximum atomic E-state index is 13.4. The number of benzene rings is 2. The smallest absolute Gasteiger partial charge is 0.237 e. The van der Waals surface area contributed by atoms with Gasteiger partial charge in [-0.3, -0.25) is 14.3 Å². The first-order valence-corrected chi connectivity index (χ1v) is 10.5. The van der Waals surface area contributed by atoms with Gasteiger partial charge in [0.15, 0.2) is 11.0 Å². The lowest BCUT2D eigenvalue weighted by Gasteiger charge is -2.14. The van der Waals surface area contributed by atoms with Gasteiger partial charge in [0.1, 0.15) is 5.82 Å². The van der Waals surface area contributed by atoms with Gasteiger partial charge in [-0.25, -0.2) is 4.39 Å². The molecule has 156 valence electrons. The second kappa shape index (κ2) is 9.09. The third-order valence-corrected chi connectivity index (χ3v) is 5.65. The zero-order chi connectivity index (χ0) is 21.8. The van der Waals surface area contributed by atoms with E-state index in [0.717, 1.165) is 16.8 Å². The highest BCUT2D eigenvalue weighted by Gasteiger charge is 2.22. The summed E-state index contributed by atoms with van der Waals surface area (Å²) in [4.78, 5) is 16.7. The zero-order valence-corrected chi connectivity index (χ0v) is 17.8.